The molecule has 6 heteroatoms. The van der Waals surface area contributed by atoms with Crippen LogP contribution in [0.3, 0.4) is 0 Å². The van der Waals surface area contributed by atoms with Crippen molar-refractivity contribution in [3.8, 4) is 0 Å². The largest absolute Gasteiger partial charge is 0.468 e. The van der Waals surface area contributed by atoms with Crippen LogP contribution in [0.25, 0.3) is 0 Å². The minimum absolute atomic E-state index is 0.0694. The number of carbonyl (C=O) groups excluding carboxylic acids is 2. The molecule has 2 N–H and O–H groups in total. The highest BCUT2D eigenvalue weighted by Gasteiger charge is 2.09. The van der Waals surface area contributed by atoms with Gasteiger partial charge in [0.2, 0.25) is 5.91 Å². The Labute approximate surface area is 120 Å². The van der Waals surface area contributed by atoms with E-state index in [2.05, 4.69) is 36.5 Å². The zero-order valence-corrected chi connectivity index (χ0v) is 12.8. The average Bonchev–Trinajstić information content (AvgIpc) is 2.37. The van der Waals surface area contributed by atoms with Crippen molar-refractivity contribution in [3.05, 3.63) is 12.2 Å². The number of hydrogen-bond acceptors (Lipinski definition) is 5. The lowest BCUT2D eigenvalue weighted by Gasteiger charge is -2.06. The first-order chi connectivity index (χ1) is 9.01. The molecule has 0 radical (unpaired) electrons. The van der Waals surface area contributed by atoms with Crippen molar-refractivity contribution < 1.29 is 19.4 Å². The smallest absolute Gasteiger partial charge is 0.325 e. The molecule has 0 heterocycles. The van der Waals surface area contributed by atoms with E-state index in [0.29, 0.717) is 5.75 Å². The Morgan fingerprint density at radius 3 is 2.47 bits per heavy atom. The number of ether oxygens (including phenoxy) is 1. The Balaban J connectivity index is 0. The lowest BCUT2D eigenvalue weighted by Crippen LogP contribution is -2.32. The molecule has 1 atom stereocenters. The van der Waals surface area contributed by atoms with E-state index in [4.69, 9.17) is 0 Å². The highest BCUT2D eigenvalue weighted by molar-refractivity contribution is 7.80. The van der Waals surface area contributed by atoms with E-state index in [1.807, 2.05) is 0 Å². The molecule has 112 valence electrons. The van der Waals surface area contributed by atoms with Crippen LogP contribution in [-0.4, -0.2) is 42.5 Å². The molecule has 0 saturated heterocycles. The molecule has 0 aliphatic heterocycles. The van der Waals surface area contributed by atoms with Gasteiger partial charge in [-0.05, 0) is 12.2 Å². The zero-order valence-electron chi connectivity index (χ0n) is 11.9. The van der Waals surface area contributed by atoms with Crippen LogP contribution in [0.1, 0.15) is 33.1 Å². The van der Waals surface area contributed by atoms with Gasteiger partial charge in [0.05, 0.1) is 19.6 Å². The summed E-state index contributed by atoms with van der Waals surface area (Å²) >= 11 is 4.00. The van der Waals surface area contributed by atoms with E-state index in [1.165, 1.54) is 19.6 Å². The van der Waals surface area contributed by atoms with Gasteiger partial charge in [-0.1, -0.05) is 32.4 Å². The highest BCUT2D eigenvalue weighted by Crippen LogP contribution is 1.96. The summed E-state index contributed by atoms with van der Waals surface area (Å²) < 4.78 is 4.35. The number of aliphatic hydroxyl groups is 1. The molecule has 0 saturated carbocycles. The second kappa shape index (κ2) is 15.0. The standard InChI is InChI=1S/C10H17NO4S.C3H8/c1-15-10(14)7-11-9(13)6-8(12)4-2-3-5-16;1-3-2/h2,4,8,12,16H,3,5-7H2,1H3,(H,11,13);3H2,1-2H3/b4-2+;. The first-order valence-corrected chi connectivity index (χ1v) is 6.94. The average molecular weight is 291 g/mol. The van der Waals surface area contributed by atoms with Crippen LogP contribution in [0.4, 0.5) is 0 Å². The van der Waals surface area contributed by atoms with Gasteiger partial charge in [-0.2, -0.15) is 12.6 Å². The molecule has 0 fully saturated rings. The van der Waals surface area contributed by atoms with Crippen molar-refractivity contribution in [3.63, 3.8) is 0 Å². The van der Waals surface area contributed by atoms with Crippen LogP contribution in [0, 0.1) is 0 Å². The maximum absolute atomic E-state index is 11.2. The monoisotopic (exact) mass is 291 g/mol. The third-order valence-corrected chi connectivity index (χ3v) is 1.96. The molecule has 0 aliphatic rings. The van der Waals surface area contributed by atoms with Crippen molar-refractivity contribution in [2.24, 2.45) is 0 Å². The predicted octanol–water partition coefficient (Wildman–Crippen LogP) is 1.32. The number of carbonyl (C=O) groups is 2. The van der Waals surface area contributed by atoms with Crippen molar-refractivity contribution in [1.82, 2.24) is 5.32 Å². The summed E-state index contributed by atoms with van der Waals surface area (Å²) in [4.78, 5) is 21.9. The van der Waals surface area contributed by atoms with Gasteiger partial charge in [0.15, 0.2) is 0 Å². The summed E-state index contributed by atoms with van der Waals surface area (Å²) in [6.45, 7) is 4.07. The molecule has 0 rings (SSSR count). The maximum atomic E-state index is 11.2. The third kappa shape index (κ3) is 17.0. The molecule has 0 bridgehead atoms. The number of aliphatic hydroxyl groups excluding tert-OH is 1. The number of amides is 1. The lowest BCUT2D eigenvalue weighted by molar-refractivity contribution is -0.141. The summed E-state index contributed by atoms with van der Waals surface area (Å²) in [5.41, 5.74) is 0. The van der Waals surface area contributed by atoms with Crippen LogP contribution < -0.4 is 5.32 Å². The predicted molar refractivity (Wildman–Crippen MR) is 79.2 cm³/mol. The number of allylic oxidation sites excluding steroid dienone is 1. The molecule has 19 heavy (non-hydrogen) atoms. The van der Waals surface area contributed by atoms with Gasteiger partial charge in [-0.15, -0.1) is 0 Å². The lowest BCUT2D eigenvalue weighted by atomic mass is 10.2. The van der Waals surface area contributed by atoms with E-state index in [-0.39, 0.29) is 13.0 Å². The Hall–Kier alpha value is -1.01. The molecule has 0 aromatic carbocycles. The number of methoxy groups -OCH3 is 1. The number of rotatable bonds is 7. The van der Waals surface area contributed by atoms with Crippen molar-refractivity contribution in [2.45, 2.75) is 39.2 Å². The minimum atomic E-state index is -0.836. The van der Waals surface area contributed by atoms with Gasteiger partial charge in [0.25, 0.3) is 0 Å². The van der Waals surface area contributed by atoms with Crippen LogP contribution in [-0.2, 0) is 14.3 Å². The Bertz CT molecular complexity index is 269. The van der Waals surface area contributed by atoms with Crippen LogP contribution in [0.2, 0.25) is 0 Å². The van der Waals surface area contributed by atoms with E-state index in [0.717, 1.165) is 6.42 Å². The van der Waals surface area contributed by atoms with Crippen molar-refractivity contribution in [1.29, 1.82) is 0 Å². The summed E-state index contributed by atoms with van der Waals surface area (Å²) in [7, 11) is 1.24. The number of thiol groups is 1. The second-order valence-corrected chi connectivity index (χ2v) is 4.22. The normalized spacial score (nSPS) is 11.4. The van der Waals surface area contributed by atoms with Crippen molar-refractivity contribution >= 4 is 24.5 Å². The molecule has 0 aromatic heterocycles. The van der Waals surface area contributed by atoms with E-state index in [1.54, 1.807) is 6.08 Å². The molecular weight excluding hydrogens is 266 g/mol. The van der Waals surface area contributed by atoms with E-state index < -0.39 is 18.0 Å². The van der Waals surface area contributed by atoms with Crippen LogP contribution in [0.5, 0.6) is 0 Å². The molecule has 1 unspecified atom stereocenters. The first kappa shape index (κ1) is 20.3. The summed E-state index contributed by atoms with van der Waals surface area (Å²) in [5.74, 6) is -0.223. The number of nitrogens with one attached hydrogen (secondary N) is 1. The highest BCUT2D eigenvalue weighted by atomic mass is 32.1. The molecule has 5 nitrogen and oxygen atoms in total. The minimum Gasteiger partial charge on any atom is -0.468 e. The molecule has 0 spiro atoms. The van der Waals surface area contributed by atoms with Gasteiger partial charge in [0, 0.05) is 0 Å². The summed E-state index contributed by atoms with van der Waals surface area (Å²) in [6.07, 6.45) is 4.38. The van der Waals surface area contributed by atoms with Gasteiger partial charge in [-0.25, -0.2) is 0 Å². The van der Waals surface area contributed by atoms with E-state index >= 15 is 0 Å². The molecule has 1 amide bonds. The Kier molecular flexibility index (Phi) is 16.1. The molecule has 0 aliphatic carbocycles. The van der Waals surface area contributed by atoms with Gasteiger partial charge in [-0.3, -0.25) is 9.59 Å². The van der Waals surface area contributed by atoms with Gasteiger partial charge >= 0.3 is 5.97 Å². The number of esters is 1. The Morgan fingerprint density at radius 2 is 2.00 bits per heavy atom. The zero-order chi connectivity index (χ0) is 15.1. The third-order valence-electron chi connectivity index (χ3n) is 1.71. The molecular formula is C13H25NO4S. The second-order valence-electron chi connectivity index (χ2n) is 3.77. The van der Waals surface area contributed by atoms with Crippen LogP contribution >= 0.6 is 12.6 Å². The fourth-order valence-corrected chi connectivity index (χ4v) is 1.05. The number of hydrogen-bond donors (Lipinski definition) is 3. The fourth-order valence-electron chi connectivity index (χ4n) is 0.901. The van der Waals surface area contributed by atoms with Gasteiger partial charge < -0.3 is 15.2 Å². The summed E-state index contributed by atoms with van der Waals surface area (Å²) in [6, 6.07) is 0. The summed E-state index contributed by atoms with van der Waals surface area (Å²) in [5, 5.41) is 11.7. The molecule has 0 aromatic rings. The topological polar surface area (TPSA) is 75.6 Å². The van der Waals surface area contributed by atoms with Crippen LogP contribution in [0.15, 0.2) is 12.2 Å². The first-order valence-electron chi connectivity index (χ1n) is 6.30. The van der Waals surface area contributed by atoms with E-state index in [9.17, 15) is 14.7 Å². The quantitative estimate of drug-likeness (QED) is 0.376. The SMILES string of the molecule is CCC.COC(=O)CNC(=O)CC(O)/C=C/CCS. The Morgan fingerprint density at radius 1 is 1.42 bits per heavy atom. The maximum Gasteiger partial charge on any atom is 0.325 e. The van der Waals surface area contributed by atoms with Crippen molar-refractivity contribution in [2.75, 3.05) is 19.4 Å². The van der Waals surface area contributed by atoms with Gasteiger partial charge in [0.1, 0.15) is 6.54 Å². The fraction of sp³-hybridized carbons (Fsp3) is 0.692.